The number of rotatable bonds is 1. The van der Waals surface area contributed by atoms with Crippen LogP contribution in [0.25, 0.3) is 0 Å². The minimum Gasteiger partial charge on any atom is -0.359 e. The van der Waals surface area contributed by atoms with Gasteiger partial charge in [-0.25, -0.2) is 0 Å². The number of hydrogen-bond donors (Lipinski definition) is 0. The molecule has 0 saturated carbocycles. The Morgan fingerprint density at radius 1 is 1.70 bits per heavy atom. The number of ether oxygens (including phenoxy) is 1. The lowest BCUT2D eigenvalue weighted by Gasteiger charge is -2.16. The van der Waals surface area contributed by atoms with Crippen molar-refractivity contribution >= 4 is 11.6 Å². The van der Waals surface area contributed by atoms with Crippen LogP contribution < -0.4 is 0 Å². The van der Waals surface area contributed by atoms with Gasteiger partial charge in [0.05, 0.1) is 0 Å². The summed E-state index contributed by atoms with van der Waals surface area (Å²) in [4.78, 5) is 21.5. The SMILES string of the molecule is CC(=O)C1(C)CC(=O)CO1. The van der Waals surface area contributed by atoms with Crippen LogP contribution in [0.5, 0.6) is 0 Å². The Kier molecular flexibility index (Phi) is 1.60. The van der Waals surface area contributed by atoms with Gasteiger partial charge in [0, 0.05) is 6.42 Å². The molecular weight excluding hydrogens is 132 g/mol. The average Bonchev–Trinajstić information content (AvgIpc) is 2.13. The lowest BCUT2D eigenvalue weighted by Crippen LogP contribution is -2.32. The van der Waals surface area contributed by atoms with Crippen molar-refractivity contribution in [3.63, 3.8) is 0 Å². The summed E-state index contributed by atoms with van der Waals surface area (Å²) >= 11 is 0. The average molecular weight is 142 g/mol. The summed E-state index contributed by atoms with van der Waals surface area (Å²) in [6.07, 6.45) is 0.238. The highest BCUT2D eigenvalue weighted by Gasteiger charge is 2.39. The molecule has 0 aliphatic carbocycles. The van der Waals surface area contributed by atoms with Gasteiger partial charge in [0.15, 0.2) is 11.6 Å². The molecule has 56 valence electrons. The molecule has 1 aliphatic heterocycles. The monoisotopic (exact) mass is 142 g/mol. The van der Waals surface area contributed by atoms with Crippen molar-refractivity contribution in [2.45, 2.75) is 25.9 Å². The first-order valence-corrected chi connectivity index (χ1v) is 3.21. The normalized spacial score (nSPS) is 32.8. The van der Waals surface area contributed by atoms with E-state index in [2.05, 4.69) is 0 Å². The van der Waals surface area contributed by atoms with Crippen LogP contribution >= 0.6 is 0 Å². The molecule has 3 nitrogen and oxygen atoms in total. The van der Waals surface area contributed by atoms with Crippen molar-refractivity contribution in [2.75, 3.05) is 6.61 Å². The van der Waals surface area contributed by atoms with E-state index in [9.17, 15) is 9.59 Å². The molecule has 3 heteroatoms. The number of hydrogen-bond acceptors (Lipinski definition) is 3. The van der Waals surface area contributed by atoms with E-state index >= 15 is 0 Å². The number of carbonyl (C=O) groups is 2. The predicted molar refractivity (Wildman–Crippen MR) is 34.7 cm³/mol. The minimum absolute atomic E-state index is 0.0118. The molecule has 1 unspecified atom stereocenters. The van der Waals surface area contributed by atoms with Crippen molar-refractivity contribution in [2.24, 2.45) is 0 Å². The lowest BCUT2D eigenvalue weighted by molar-refractivity contribution is -0.134. The van der Waals surface area contributed by atoms with Crippen molar-refractivity contribution in [1.29, 1.82) is 0 Å². The maximum Gasteiger partial charge on any atom is 0.161 e. The maximum absolute atomic E-state index is 10.8. The van der Waals surface area contributed by atoms with E-state index in [0.717, 1.165) is 0 Å². The van der Waals surface area contributed by atoms with E-state index in [0.29, 0.717) is 0 Å². The Bertz CT molecular complexity index is 185. The van der Waals surface area contributed by atoms with E-state index in [4.69, 9.17) is 4.74 Å². The van der Waals surface area contributed by atoms with Gasteiger partial charge in [-0.15, -0.1) is 0 Å². The van der Waals surface area contributed by atoms with Crippen LogP contribution in [0, 0.1) is 0 Å². The van der Waals surface area contributed by atoms with Crippen LogP contribution in [0.2, 0.25) is 0 Å². The molecule has 1 heterocycles. The molecule has 1 atom stereocenters. The molecule has 0 spiro atoms. The fraction of sp³-hybridized carbons (Fsp3) is 0.714. The second-order valence-corrected chi connectivity index (χ2v) is 2.79. The standard InChI is InChI=1S/C7H10O3/c1-5(8)7(2)3-6(9)4-10-7/h3-4H2,1-2H3. The molecule has 0 radical (unpaired) electrons. The van der Waals surface area contributed by atoms with Crippen molar-refractivity contribution in [3.05, 3.63) is 0 Å². The van der Waals surface area contributed by atoms with Gasteiger partial charge in [0.2, 0.25) is 0 Å². The molecule has 0 aromatic rings. The summed E-state index contributed by atoms with van der Waals surface area (Å²) in [7, 11) is 0. The Balaban J connectivity index is 2.72. The fourth-order valence-corrected chi connectivity index (χ4v) is 0.944. The number of carbonyl (C=O) groups excluding carboxylic acids is 2. The van der Waals surface area contributed by atoms with E-state index in [1.54, 1.807) is 6.92 Å². The zero-order chi connectivity index (χ0) is 7.78. The van der Waals surface area contributed by atoms with Crippen LogP contribution in [0.3, 0.4) is 0 Å². The van der Waals surface area contributed by atoms with Crippen LogP contribution in [0.4, 0.5) is 0 Å². The Hall–Kier alpha value is -0.700. The zero-order valence-corrected chi connectivity index (χ0v) is 6.14. The van der Waals surface area contributed by atoms with E-state index in [-0.39, 0.29) is 24.6 Å². The van der Waals surface area contributed by atoms with Crippen LogP contribution in [0.1, 0.15) is 20.3 Å². The molecule has 0 aromatic carbocycles. The lowest BCUT2D eigenvalue weighted by atomic mass is 9.98. The van der Waals surface area contributed by atoms with Crippen LogP contribution in [-0.4, -0.2) is 23.8 Å². The molecule has 1 aliphatic rings. The Labute approximate surface area is 59.4 Å². The third-order valence-electron chi connectivity index (χ3n) is 1.83. The highest BCUT2D eigenvalue weighted by molar-refractivity contribution is 5.94. The van der Waals surface area contributed by atoms with E-state index in [1.807, 2.05) is 0 Å². The highest BCUT2D eigenvalue weighted by atomic mass is 16.5. The van der Waals surface area contributed by atoms with Gasteiger partial charge in [-0.1, -0.05) is 0 Å². The van der Waals surface area contributed by atoms with Gasteiger partial charge < -0.3 is 4.74 Å². The summed E-state index contributed by atoms with van der Waals surface area (Å²) in [5.41, 5.74) is -0.822. The molecule has 0 aromatic heterocycles. The summed E-state index contributed by atoms with van der Waals surface area (Å²) in [6.45, 7) is 3.19. The molecule has 1 fully saturated rings. The zero-order valence-electron chi connectivity index (χ0n) is 6.14. The Morgan fingerprint density at radius 2 is 2.30 bits per heavy atom. The minimum atomic E-state index is -0.822. The largest absolute Gasteiger partial charge is 0.359 e. The predicted octanol–water partition coefficient (Wildman–Crippen LogP) is 0.323. The molecule has 0 amide bonds. The first-order chi connectivity index (χ1) is 4.54. The van der Waals surface area contributed by atoms with Gasteiger partial charge in [-0.05, 0) is 13.8 Å². The Morgan fingerprint density at radius 3 is 2.50 bits per heavy atom. The molecule has 1 rings (SSSR count). The van der Waals surface area contributed by atoms with Gasteiger partial charge in [0.25, 0.3) is 0 Å². The summed E-state index contributed by atoms with van der Waals surface area (Å²) in [5.74, 6) is -0.0592. The molecule has 0 bridgehead atoms. The first-order valence-electron chi connectivity index (χ1n) is 3.21. The summed E-state index contributed by atoms with van der Waals surface area (Å²) in [5, 5.41) is 0. The second-order valence-electron chi connectivity index (χ2n) is 2.79. The first kappa shape index (κ1) is 7.41. The smallest absolute Gasteiger partial charge is 0.161 e. The molecule has 0 N–H and O–H groups in total. The topological polar surface area (TPSA) is 43.4 Å². The van der Waals surface area contributed by atoms with Crippen LogP contribution in [-0.2, 0) is 14.3 Å². The molecule has 1 saturated heterocycles. The van der Waals surface area contributed by atoms with Crippen LogP contribution in [0.15, 0.2) is 0 Å². The molecular formula is C7H10O3. The fourth-order valence-electron chi connectivity index (χ4n) is 0.944. The third-order valence-corrected chi connectivity index (χ3v) is 1.83. The summed E-state index contributed by atoms with van der Waals surface area (Å²) in [6, 6.07) is 0. The van der Waals surface area contributed by atoms with E-state index in [1.165, 1.54) is 6.92 Å². The number of Topliss-reactive ketones (excluding diaryl/α,β-unsaturated/α-hetero) is 2. The van der Waals surface area contributed by atoms with Gasteiger partial charge >= 0.3 is 0 Å². The van der Waals surface area contributed by atoms with Gasteiger partial charge in [-0.3, -0.25) is 9.59 Å². The second kappa shape index (κ2) is 2.16. The van der Waals surface area contributed by atoms with Gasteiger partial charge in [0.1, 0.15) is 12.2 Å². The third kappa shape index (κ3) is 1.09. The van der Waals surface area contributed by atoms with E-state index < -0.39 is 5.60 Å². The van der Waals surface area contributed by atoms with Crippen molar-refractivity contribution in [1.82, 2.24) is 0 Å². The maximum atomic E-state index is 10.8. The summed E-state index contributed by atoms with van der Waals surface area (Å²) < 4.78 is 5.02. The van der Waals surface area contributed by atoms with Gasteiger partial charge in [-0.2, -0.15) is 0 Å². The van der Waals surface area contributed by atoms with Crippen molar-refractivity contribution < 1.29 is 14.3 Å². The van der Waals surface area contributed by atoms with Crippen molar-refractivity contribution in [3.8, 4) is 0 Å². The molecule has 10 heavy (non-hydrogen) atoms. The quantitative estimate of drug-likeness (QED) is 0.529. The highest BCUT2D eigenvalue weighted by Crippen LogP contribution is 2.23. The number of ketones is 2.